The van der Waals surface area contributed by atoms with E-state index in [1.165, 1.54) is 0 Å². The number of aryl methyl sites for hydroxylation is 1. The molecule has 3 aromatic carbocycles. The van der Waals surface area contributed by atoms with Crippen LogP contribution in [0.2, 0.25) is 0 Å². The van der Waals surface area contributed by atoms with Crippen LogP contribution in [-0.4, -0.2) is 5.78 Å². The first-order chi connectivity index (χ1) is 10.8. The average Bonchev–Trinajstić information content (AvgIpc) is 2.58. The van der Waals surface area contributed by atoms with E-state index in [-0.39, 0.29) is 5.78 Å². The highest BCUT2D eigenvalue weighted by atomic mass is 16.5. The predicted molar refractivity (Wildman–Crippen MR) is 87.6 cm³/mol. The van der Waals surface area contributed by atoms with E-state index in [4.69, 9.17) is 4.74 Å². The van der Waals surface area contributed by atoms with Gasteiger partial charge >= 0.3 is 0 Å². The first-order valence-electron chi connectivity index (χ1n) is 7.18. The van der Waals surface area contributed by atoms with Crippen molar-refractivity contribution in [3.63, 3.8) is 0 Å². The Hall–Kier alpha value is -2.87. The summed E-state index contributed by atoms with van der Waals surface area (Å²) in [6.45, 7) is 1.98. The minimum Gasteiger partial charge on any atom is -0.456 e. The number of hydrogen-bond donors (Lipinski definition) is 0. The van der Waals surface area contributed by atoms with Crippen molar-refractivity contribution < 1.29 is 9.53 Å². The van der Waals surface area contributed by atoms with Gasteiger partial charge in [-0.25, -0.2) is 0 Å². The summed E-state index contributed by atoms with van der Waals surface area (Å²) >= 11 is 0. The second-order valence-electron chi connectivity index (χ2n) is 5.06. The van der Waals surface area contributed by atoms with Gasteiger partial charge in [0.15, 0.2) is 5.78 Å². The van der Waals surface area contributed by atoms with E-state index in [1.54, 1.807) is 6.07 Å². The van der Waals surface area contributed by atoms with Crippen LogP contribution >= 0.6 is 0 Å². The zero-order valence-electron chi connectivity index (χ0n) is 12.3. The molecular weight excluding hydrogens is 272 g/mol. The maximum absolute atomic E-state index is 12.7. The summed E-state index contributed by atoms with van der Waals surface area (Å²) in [5.41, 5.74) is 2.25. The van der Waals surface area contributed by atoms with E-state index >= 15 is 0 Å². The van der Waals surface area contributed by atoms with E-state index in [9.17, 15) is 4.79 Å². The van der Waals surface area contributed by atoms with Crippen molar-refractivity contribution in [2.24, 2.45) is 0 Å². The summed E-state index contributed by atoms with van der Waals surface area (Å²) in [5, 5.41) is 0. The van der Waals surface area contributed by atoms with Crippen molar-refractivity contribution >= 4 is 5.78 Å². The van der Waals surface area contributed by atoms with Crippen molar-refractivity contribution in [2.45, 2.75) is 6.92 Å². The molecule has 0 aliphatic rings. The molecule has 0 N–H and O–H groups in total. The molecule has 0 bridgehead atoms. The van der Waals surface area contributed by atoms with Crippen LogP contribution in [0.1, 0.15) is 21.5 Å². The summed E-state index contributed by atoms with van der Waals surface area (Å²) in [4.78, 5) is 12.7. The second-order valence-corrected chi connectivity index (χ2v) is 5.06. The highest BCUT2D eigenvalue weighted by Crippen LogP contribution is 2.29. The number of benzene rings is 3. The van der Waals surface area contributed by atoms with Gasteiger partial charge in [-0.1, -0.05) is 60.7 Å². The SMILES string of the molecule is Cc1ccccc1Oc1ccccc1C(=O)c1ccccc1. The smallest absolute Gasteiger partial charge is 0.196 e. The van der Waals surface area contributed by atoms with E-state index in [2.05, 4.69) is 0 Å². The lowest BCUT2D eigenvalue weighted by molar-refractivity contribution is 0.103. The lowest BCUT2D eigenvalue weighted by atomic mass is 10.0. The Morgan fingerprint density at radius 1 is 0.727 bits per heavy atom. The fourth-order valence-corrected chi connectivity index (χ4v) is 2.28. The van der Waals surface area contributed by atoms with Crippen LogP contribution in [0.5, 0.6) is 11.5 Å². The van der Waals surface area contributed by atoms with E-state index in [0.29, 0.717) is 16.9 Å². The Labute approximate surface area is 130 Å². The number of para-hydroxylation sites is 2. The van der Waals surface area contributed by atoms with Crippen molar-refractivity contribution in [3.05, 3.63) is 95.6 Å². The van der Waals surface area contributed by atoms with Crippen LogP contribution in [0.15, 0.2) is 78.9 Å². The van der Waals surface area contributed by atoms with E-state index < -0.39 is 0 Å². The Kier molecular flexibility index (Phi) is 4.01. The molecular formula is C20H16O2. The molecule has 0 unspecified atom stereocenters. The van der Waals surface area contributed by atoms with Gasteiger partial charge < -0.3 is 4.74 Å². The van der Waals surface area contributed by atoms with Gasteiger partial charge in [-0.05, 0) is 30.7 Å². The average molecular weight is 288 g/mol. The summed E-state index contributed by atoms with van der Waals surface area (Å²) in [7, 11) is 0. The normalized spacial score (nSPS) is 10.2. The molecule has 22 heavy (non-hydrogen) atoms. The Bertz CT molecular complexity index is 792. The summed E-state index contributed by atoms with van der Waals surface area (Å²) < 4.78 is 5.96. The molecule has 0 amide bonds. The van der Waals surface area contributed by atoms with Crippen molar-refractivity contribution in [2.75, 3.05) is 0 Å². The van der Waals surface area contributed by atoms with Crippen molar-refractivity contribution in [1.29, 1.82) is 0 Å². The van der Waals surface area contributed by atoms with E-state index in [0.717, 1.165) is 11.3 Å². The molecule has 0 aromatic heterocycles. The quantitative estimate of drug-likeness (QED) is 0.630. The molecule has 0 saturated heterocycles. The molecule has 3 rings (SSSR count). The highest BCUT2D eigenvalue weighted by molar-refractivity contribution is 6.10. The summed E-state index contributed by atoms with van der Waals surface area (Å²) in [6, 6.07) is 24.3. The molecule has 2 nitrogen and oxygen atoms in total. The largest absolute Gasteiger partial charge is 0.456 e. The molecule has 0 spiro atoms. The van der Waals surface area contributed by atoms with Gasteiger partial charge in [-0.15, -0.1) is 0 Å². The van der Waals surface area contributed by atoms with Crippen molar-refractivity contribution in [1.82, 2.24) is 0 Å². The molecule has 108 valence electrons. The van der Waals surface area contributed by atoms with Gasteiger partial charge in [-0.2, -0.15) is 0 Å². The fraction of sp³-hybridized carbons (Fsp3) is 0.0500. The topological polar surface area (TPSA) is 26.3 Å². The Balaban J connectivity index is 1.97. The second kappa shape index (κ2) is 6.27. The Morgan fingerprint density at radius 3 is 2.05 bits per heavy atom. The first kappa shape index (κ1) is 14.1. The zero-order chi connectivity index (χ0) is 15.4. The zero-order valence-corrected chi connectivity index (χ0v) is 12.3. The number of hydrogen-bond acceptors (Lipinski definition) is 2. The van der Waals surface area contributed by atoms with Gasteiger partial charge in [-0.3, -0.25) is 4.79 Å². The third kappa shape index (κ3) is 2.91. The molecule has 0 aliphatic carbocycles. The maximum atomic E-state index is 12.7. The lowest BCUT2D eigenvalue weighted by Gasteiger charge is -2.12. The third-order valence-electron chi connectivity index (χ3n) is 3.48. The molecule has 2 heteroatoms. The maximum Gasteiger partial charge on any atom is 0.196 e. The molecule has 0 atom stereocenters. The standard InChI is InChI=1S/C20H16O2/c1-15-9-5-7-13-18(15)22-19-14-8-6-12-17(19)20(21)16-10-3-2-4-11-16/h2-14H,1H3. The van der Waals surface area contributed by atoms with E-state index in [1.807, 2.05) is 79.7 Å². The molecule has 0 aliphatic heterocycles. The molecule has 0 saturated carbocycles. The number of ketones is 1. The predicted octanol–water partition coefficient (Wildman–Crippen LogP) is 5.02. The van der Waals surface area contributed by atoms with Crippen LogP contribution < -0.4 is 4.74 Å². The summed E-state index contributed by atoms with van der Waals surface area (Å²) in [5.74, 6) is 1.30. The van der Waals surface area contributed by atoms with Crippen LogP contribution in [0.3, 0.4) is 0 Å². The van der Waals surface area contributed by atoms with Gasteiger partial charge in [0.25, 0.3) is 0 Å². The lowest BCUT2D eigenvalue weighted by Crippen LogP contribution is -2.03. The Morgan fingerprint density at radius 2 is 1.32 bits per heavy atom. The van der Waals surface area contributed by atoms with Crippen LogP contribution in [0, 0.1) is 6.92 Å². The van der Waals surface area contributed by atoms with Crippen LogP contribution in [-0.2, 0) is 0 Å². The monoisotopic (exact) mass is 288 g/mol. The molecule has 0 heterocycles. The minimum absolute atomic E-state index is 0.0372. The van der Waals surface area contributed by atoms with Crippen LogP contribution in [0.25, 0.3) is 0 Å². The number of rotatable bonds is 4. The minimum atomic E-state index is -0.0372. The fourth-order valence-electron chi connectivity index (χ4n) is 2.28. The molecule has 0 fully saturated rings. The number of carbonyl (C=O) groups excluding carboxylic acids is 1. The third-order valence-corrected chi connectivity index (χ3v) is 3.48. The first-order valence-corrected chi connectivity index (χ1v) is 7.18. The van der Waals surface area contributed by atoms with Gasteiger partial charge in [0, 0.05) is 5.56 Å². The molecule has 3 aromatic rings. The van der Waals surface area contributed by atoms with Crippen molar-refractivity contribution in [3.8, 4) is 11.5 Å². The van der Waals surface area contributed by atoms with Gasteiger partial charge in [0.2, 0.25) is 0 Å². The van der Waals surface area contributed by atoms with Crippen LogP contribution in [0.4, 0.5) is 0 Å². The number of ether oxygens (including phenoxy) is 1. The highest BCUT2D eigenvalue weighted by Gasteiger charge is 2.14. The van der Waals surface area contributed by atoms with Gasteiger partial charge in [0.1, 0.15) is 11.5 Å². The van der Waals surface area contributed by atoms with Gasteiger partial charge in [0.05, 0.1) is 5.56 Å². The molecule has 0 radical (unpaired) electrons. The summed E-state index contributed by atoms with van der Waals surface area (Å²) in [6.07, 6.45) is 0. The number of carbonyl (C=O) groups is 1.